The summed E-state index contributed by atoms with van der Waals surface area (Å²) < 4.78 is 27.8. The summed E-state index contributed by atoms with van der Waals surface area (Å²) in [6, 6.07) is 12.1. The first-order chi connectivity index (χ1) is 11.6. The largest absolute Gasteiger partial charge is 0.337 e. The summed E-state index contributed by atoms with van der Waals surface area (Å²) in [5.41, 5.74) is 1.06. The van der Waals surface area contributed by atoms with E-state index in [0.29, 0.717) is 30.6 Å². The van der Waals surface area contributed by atoms with E-state index in [0.717, 1.165) is 0 Å². The Morgan fingerprint density at radius 3 is 2.54 bits per heavy atom. The molecule has 2 heterocycles. The first-order valence-corrected chi connectivity index (χ1v) is 9.37. The number of sulfonamides is 1. The van der Waals surface area contributed by atoms with Gasteiger partial charge in [0.05, 0.1) is 5.25 Å². The minimum atomic E-state index is -3.54. The number of likely N-dealkylation sites (tertiary alicyclic amines) is 1. The Kier molecular flexibility index (Phi) is 4.80. The van der Waals surface area contributed by atoms with E-state index in [1.807, 2.05) is 6.07 Å². The van der Waals surface area contributed by atoms with E-state index < -0.39 is 15.3 Å². The quantitative estimate of drug-likeness (QED) is 0.921. The monoisotopic (exact) mass is 345 g/mol. The van der Waals surface area contributed by atoms with Crippen LogP contribution in [0.3, 0.4) is 0 Å². The third kappa shape index (κ3) is 3.73. The van der Waals surface area contributed by atoms with Gasteiger partial charge in [-0.1, -0.05) is 18.2 Å². The topological polar surface area (TPSA) is 79.4 Å². The number of nitrogens with one attached hydrogen (secondary N) is 1. The molecule has 0 radical (unpaired) electrons. The zero-order valence-corrected chi connectivity index (χ0v) is 13.9. The summed E-state index contributed by atoms with van der Waals surface area (Å²) in [4.78, 5) is 18.0. The van der Waals surface area contributed by atoms with E-state index >= 15 is 0 Å². The van der Waals surface area contributed by atoms with E-state index in [9.17, 15) is 13.2 Å². The smallest absolute Gasteiger partial charge is 0.254 e. The van der Waals surface area contributed by atoms with Gasteiger partial charge in [0.15, 0.2) is 0 Å². The van der Waals surface area contributed by atoms with Gasteiger partial charge in [-0.25, -0.2) is 8.42 Å². The van der Waals surface area contributed by atoms with E-state index in [1.54, 1.807) is 53.7 Å². The van der Waals surface area contributed by atoms with E-state index in [-0.39, 0.29) is 12.5 Å². The minimum Gasteiger partial charge on any atom is -0.337 e. The number of carbonyl (C=O) groups excluding carboxylic acids is 1. The summed E-state index contributed by atoms with van der Waals surface area (Å²) in [5.74, 6) is -0.156. The lowest BCUT2D eigenvalue weighted by Gasteiger charge is -2.32. The van der Waals surface area contributed by atoms with E-state index in [2.05, 4.69) is 9.71 Å². The number of rotatable bonds is 4. The molecule has 1 aliphatic heterocycles. The number of carbonyl (C=O) groups is 1. The van der Waals surface area contributed by atoms with Crippen molar-refractivity contribution in [3.8, 4) is 0 Å². The van der Waals surface area contributed by atoms with Crippen molar-refractivity contribution in [3.05, 3.63) is 60.4 Å². The van der Waals surface area contributed by atoms with Crippen LogP contribution in [0.1, 0.15) is 23.2 Å². The van der Waals surface area contributed by atoms with Gasteiger partial charge in [-0.2, -0.15) is 0 Å². The Morgan fingerprint density at radius 1 is 1.12 bits per heavy atom. The molecule has 0 unspecified atom stereocenters. The highest BCUT2D eigenvalue weighted by atomic mass is 32.2. The van der Waals surface area contributed by atoms with Gasteiger partial charge in [-0.15, -0.1) is 0 Å². The van der Waals surface area contributed by atoms with Gasteiger partial charge < -0.3 is 4.90 Å². The van der Waals surface area contributed by atoms with E-state index in [4.69, 9.17) is 0 Å². The Balaban J connectivity index is 1.72. The molecule has 1 fully saturated rings. The van der Waals surface area contributed by atoms with Gasteiger partial charge in [0.1, 0.15) is 0 Å². The van der Waals surface area contributed by atoms with Crippen molar-refractivity contribution >= 4 is 21.6 Å². The van der Waals surface area contributed by atoms with Crippen LogP contribution >= 0.6 is 0 Å². The van der Waals surface area contributed by atoms with Gasteiger partial charge in [-0.3, -0.25) is 14.5 Å². The second-order valence-electron chi connectivity index (χ2n) is 5.76. The maximum atomic E-state index is 12.6. The van der Waals surface area contributed by atoms with Gasteiger partial charge in [0, 0.05) is 36.7 Å². The molecule has 0 spiro atoms. The molecule has 0 bridgehead atoms. The van der Waals surface area contributed by atoms with E-state index in [1.165, 1.54) is 0 Å². The summed E-state index contributed by atoms with van der Waals surface area (Å²) in [7, 11) is -3.54. The van der Waals surface area contributed by atoms with Crippen molar-refractivity contribution in [2.45, 2.75) is 18.1 Å². The molecule has 1 aromatic carbocycles. The van der Waals surface area contributed by atoms with Crippen LogP contribution in [0.4, 0.5) is 5.69 Å². The van der Waals surface area contributed by atoms with Crippen LogP contribution in [0.2, 0.25) is 0 Å². The molecule has 2 aromatic rings. The number of para-hydroxylation sites is 1. The molecule has 1 saturated heterocycles. The van der Waals surface area contributed by atoms with Crippen molar-refractivity contribution < 1.29 is 13.2 Å². The molecule has 1 aromatic heterocycles. The average molecular weight is 345 g/mol. The highest BCUT2D eigenvalue weighted by Gasteiger charge is 2.33. The molecule has 126 valence electrons. The van der Waals surface area contributed by atoms with Crippen LogP contribution < -0.4 is 4.72 Å². The normalized spacial score (nSPS) is 18.2. The van der Waals surface area contributed by atoms with Crippen LogP contribution in [-0.2, 0) is 10.0 Å². The van der Waals surface area contributed by atoms with Crippen molar-refractivity contribution in [2.24, 2.45) is 0 Å². The molecule has 0 aliphatic carbocycles. The molecule has 3 rings (SSSR count). The van der Waals surface area contributed by atoms with Crippen LogP contribution in [0, 0.1) is 0 Å². The molecule has 1 atom stereocenters. The van der Waals surface area contributed by atoms with Crippen molar-refractivity contribution in [1.29, 1.82) is 0 Å². The Hall–Kier alpha value is -2.41. The molecular formula is C17H19N3O3S. The second-order valence-corrected chi connectivity index (χ2v) is 7.73. The number of anilines is 1. The van der Waals surface area contributed by atoms with Crippen LogP contribution in [0.5, 0.6) is 0 Å². The van der Waals surface area contributed by atoms with Crippen LogP contribution in [0.25, 0.3) is 0 Å². The molecule has 1 amide bonds. The standard InChI is InChI=1S/C17H19N3O3S/c21-17(14-8-10-18-11-9-14)20-12-4-7-16(13-20)24(22,23)19-15-5-2-1-3-6-15/h1-3,5-6,8-11,16,19H,4,7,12-13H2/t16-/m1/s1. The number of piperidine rings is 1. The minimum absolute atomic E-state index is 0.156. The SMILES string of the molecule is O=C(c1ccncc1)N1CCC[C@@H](S(=O)(=O)Nc2ccccc2)C1. The van der Waals surface area contributed by atoms with Crippen LogP contribution in [-0.4, -0.2) is 42.5 Å². The predicted molar refractivity (Wildman–Crippen MR) is 92.1 cm³/mol. The third-order valence-corrected chi connectivity index (χ3v) is 5.85. The maximum absolute atomic E-state index is 12.6. The number of hydrogen-bond donors (Lipinski definition) is 1. The number of amides is 1. The van der Waals surface area contributed by atoms with Gasteiger partial charge in [-0.05, 0) is 37.1 Å². The van der Waals surface area contributed by atoms with Crippen molar-refractivity contribution in [3.63, 3.8) is 0 Å². The Morgan fingerprint density at radius 2 is 1.83 bits per heavy atom. The fourth-order valence-electron chi connectivity index (χ4n) is 2.81. The Labute approximate surface area is 141 Å². The molecule has 6 nitrogen and oxygen atoms in total. The summed E-state index contributed by atoms with van der Waals surface area (Å²) >= 11 is 0. The molecular weight excluding hydrogens is 326 g/mol. The second kappa shape index (κ2) is 7.00. The molecule has 24 heavy (non-hydrogen) atoms. The van der Waals surface area contributed by atoms with Gasteiger partial charge in [0.25, 0.3) is 5.91 Å². The summed E-state index contributed by atoms with van der Waals surface area (Å²) in [6.45, 7) is 0.766. The highest BCUT2D eigenvalue weighted by Crippen LogP contribution is 2.21. The zero-order valence-electron chi connectivity index (χ0n) is 13.1. The zero-order chi connectivity index (χ0) is 17.0. The molecule has 0 saturated carbocycles. The van der Waals surface area contributed by atoms with Crippen LogP contribution in [0.15, 0.2) is 54.9 Å². The van der Waals surface area contributed by atoms with Crippen molar-refractivity contribution in [2.75, 3.05) is 17.8 Å². The number of benzene rings is 1. The highest BCUT2D eigenvalue weighted by molar-refractivity contribution is 7.93. The lowest BCUT2D eigenvalue weighted by atomic mass is 10.1. The number of nitrogens with zero attached hydrogens (tertiary/aromatic N) is 2. The first kappa shape index (κ1) is 16.4. The predicted octanol–water partition coefficient (Wildman–Crippen LogP) is 2.13. The lowest BCUT2D eigenvalue weighted by Crippen LogP contribution is -2.46. The maximum Gasteiger partial charge on any atom is 0.254 e. The lowest BCUT2D eigenvalue weighted by molar-refractivity contribution is 0.0727. The molecule has 1 aliphatic rings. The fourth-order valence-corrected chi connectivity index (χ4v) is 4.29. The number of pyridine rings is 1. The summed E-state index contributed by atoms with van der Waals surface area (Å²) in [6.07, 6.45) is 4.32. The summed E-state index contributed by atoms with van der Waals surface area (Å²) in [5, 5.41) is -0.614. The number of hydrogen-bond acceptors (Lipinski definition) is 4. The third-order valence-electron chi connectivity index (χ3n) is 4.07. The Bertz CT molecular complexity index is 794. The average Bonchev–Trinajstić information content (AvgIpc) is 2.62. The fraction of sp³-hybridized carbons (Fsp3) is 0.294. The van der Waals surface area contributed by atoms with Crippen molar-refractivity contribution in [1.82, 2.24) is 9.88 Å². The first-order valence-electron chi connectivity index (χ1n) is 7.82. The molecule has 1 N–H and O–H groups in total. The van der Waals surface area contributed by atoms with Gasteiger partial charge in [0.2, 0.25) is 10.0 Å². The molecule has 7 heteroatoms. The number of aromatic nitrogens is 1. The van der Waals surface area contributed by atoms with Gasteiger partial charge >= 0.3 is 0 Å².